The second kappa shape index (κ2) is 11.1. The number of aromatic hydroxyl groups is 1. The largest absolute Gasteiger partial charge is 0.507 e. The highest BCUT2D eigenvalue weighted by Gasteiger charge is 2.35. The smallest absolute Gasteiger partial charge is 0.342 e. The van der Waals surface area contributed by atoms with Gasteiger partial charge in [0.15, 0.2) is 0 Å². The number of esters is 2. The van der Waals surface area contributed by atoms with Gasteiger partial charge < -0.3 is 14.6 Å². The predicted octanol–water partition coefficient (Wildman–Crippen LogP) is 6.44. The maximum atomic E-state index is 13.3. The maximum Gasteiger partial charge on any atom is 0.342 e. The Labute approximate surface area is 212 Å². The molecule has 0 aliphatic carbocycles. The number of cyclic esters (lactones) is 1. The molecule has 2 unspecified atom stereocenters. The molecule has 2 aliphatic heterocycles. The molecule has 2 aromatic carbocycles. The molecule has 2 heterocycles. The lowest BCUT2D eigenvalue weighted by Gasteiger charge is -2.28. The van der Waals surface area contributed by atoms with E-state index in [0.717, 1.165) is 5.56 Å². The van der Waals surface area contributed by atoms with Crippen LogP contribution in [0.4, 0.5) is 0 Å². The number of ether oxygens (including phenoxy) is 2. The van der Waals surface area contributed by atoms with Crippen molar-refractivity contribution in [1.29, 1.82) is 0 Å². The molecule has 2 aromatic rings. The first kappa shape index (κ1) is 25.7. The fraction of sp³-hybridized carbons (Fsp3) is 0.433. The molecule has 1 N–H and O–H groups in total. The van der Waals surface area contributed by atoms with Gasteiger partial charge in [-0.1, -0.05) is 50.3 Å². The highest BCUT2D eigenvalue weighted by molar-refractivity contribution is 5.98. The van der Waals surface area contributed by atoms with E-state index in [4.69, 9.17) is 9.47 Å². The third-order valence-electron chi connectivity index (χ3n) is 6.98. The molecule has 36 heavy (non-hydrogen) atoms. The van der Waals surface area contributed by atoms with Gasteiger partial charge in [-0.2, -0.15) is 0 Å². The Kier molecular flexibility index (Phi) is 7.92. The first-order valence-electron chi connectivity index (χ1n) is 12.8. The van der Waals surface area contributed by atoms with Crippen LogP contribution in [0.25, 0.3) is 6.08 Å². The number of Topliss-reactive ketones (excluding diaryl/α,β-unsaturated/α-hetero) is 1. The van der Waals surface area contributed by atoms with E-state index >= 15 is 0 Å². The van der Waals surface area contributed by atoms with Crippen molar-refractivity contribution in [3.05, 3.63) is 64.2 Å². The Hall–Kier alpha value is -3.41. The Morgan fingerprint density at radius 1 is 1.03 bits per heavy atom. The average molecular weight is 491 g/mol. The number of carbonyl (C=O) groups is 3. The van der Waals surface area contributed by atoms with Crippen LogP contribution in [-0.4, -0.2) is 28.9 Å². The Bertz CT molecular complexity index is 1170. The molecule has 0 amide bonds. The summed E-state index contributed by atoms with van der Waals surface area (Å²) in [7, 11) is 0. The lowest BCUT2D eigenvalue weighted by atomic mass is 9.83. The predicted molar refractivity (Wildman–Crippen MR) is 137 cm³/mol. The fourth-order valence-corrected chi connectivity index (χ4v) is 4.92. The van der Waals surface area contributed by atoms with Crippen molar-refractivity contribution in [3.8, 4) is 11.5 Å². The lowest BCUT2D eigenvalue weighted by molar-refractivity contribution is -0.135. The fourth-order valence-electron chi connectivity index (χ4n) is 4.92. The molecular weight excluding hydrogens is 456 g/mol. The molecule has 6 nitrogen and oxygen atoms in total. The van der Waals surface area contributed by atoms with Gasteiger partial charge in [0.1, 0.15) is 22.8 Å². The number of fused-ring (bicyclic) bond motifs is 2. The molecule has 0 radical (unpaired) electrons. The summed E-state index contributed by atoms with van der Waals surface area (Å²) >= 11 is 0. The Morgan fingerprint density at radius 2 is 1.75 bits per heavy atom. The van der Waals surface area contributed by atoms with Crippen LogP contribution in [0, 0.1) is 0 Å². The van der Waals surface area contributed by atoms with E-state index in [0.29, 0.717) is 55.6 Å². The molecule has 2 atom stereocenters. The van der Waals surface area contributed by atoms with Crippen LogP contribution < -0.4 is 4.74 Å². The number of phenolic OH excluding ortho intramolecular Hbond substituents is 1. The Morgan fingerprint density at radius 3 is 2.47 bits per heavy atom. The molecule has 6 heteroatoms. The van der Waals surface area contributed by atoms with Crippen molar-refractivity contribution in [2.45, 2.75) is 83.7 Å². The number of hydrogen-bond donors (Lipinski definition) is 1. The zero-order valence-electron chi connectivity index (χ0n) is 21.2. The van der Waals surface area contributed by atoms with E-state index in [2.05, 4.69) is 13.8 Å². The van der Waals surface area contributed by atoms with Crippen molar-refractivity contribution in [2.75, 3.05) is 0 Å². The minimum atomic E-state index is -0.628. The first-order valence-corrected chi connectivity index (χ1v) is 12.8. The number of hydrogen-bond acceptors (Lipinski definition) is 6. The van der Waals surface area contributed by atoms with Gasteiger partial charge in [0, 0.05) is 24.3 Å². The normalized spacial score (nSPS) is 21.3. The van der Waals surface area contributed by atoms with Crippen molar-refractivity contribution in [2.24, 2.45) is 0 Å². The van der Waals surface area contributed by atoms with Crippen LogP contribution in [0.3, 0.4) is 0 Å². The number of rotatable bonds is 2. The van der Waals surface area contributed by atoms with Crippen molar-refractivity contribution in [3.63, 3.8) is 0 Å². The van der Waals surface area contributed by atoms with Crippen LogP contribution in [0.5, 0.6) is 11.5 Å². The molecule has 0 spiro atoms. The summed E-state index contributed by atoms with van der Waals surface area (Å²) in [6.07, 6.45) is 6.82. The molecule has 0 saturated heterocycles. The molecule has 190 valence electrons. The summed E-state index contributed by atoms with van der Waals surface area (Å²) in [4.78, 5) is 37.9. The standard InChI is InChI=1S/C30H34O6/c1-18(2)20-12-14-21(15-13-20)24-17-26(32)36-25-16-22-9-5-4-6-10-23(31)11-7-8-19(3)35-30(34)27(22)29(33)28(24)25/h5,9,12-16,18-19,24,33H,4,6-8,10-11,17H2,1-3H3. The molecule has 2 aliphatic rings. The summed E-state index contributed by atoms with van der Waals surface area (Å²) in [5.74, 6) is -0.839. The van der Waals surface area contributed by atoms with Crippen molar-refractivity contribution < 1.29 is 29.0 Å². The summed E-state index contributed by atoms with van der Waals surface area (Å²) in [5, 5.41) is 11.5. The highest BCUT2D eigenvalue weighted by Crippen LogP contribution is 2.47. The quantitative estimate of drug-likeness (QED) is 0.385. The molecule has 0 saturated carbocycles. The van der Waals surface area contributed by atoms with E-state index in [9.17, 15) is 19.5 Å². The number of allylic oxidation sites excluding steroid dienone is 1. The lowest BCUT2D eigenvalue weighted by Crippen LogP contribution is -2.23. The summed E-state index contributed by atoms with van der Waals surface area (Å²) in [6, 6.07) is 9.63. The minimum Gasteiger partial charge on any atom is -0.507 e. The molecule has 0 bridgehead atoms. The highest BCUT2D eigenvalue weighted by atomic mass is 16.5. The number of phenols is 1. The van der Waals surface area contributed by atoms with Gasteiger partial charge in [-0.15, -0.1) is 0 Å². The monoisotopic (exact) mass is 490 g/mol. The van der Waals surface area contributed by atoms with Gasteiger partial charge in [-0.25, -0.2) is 4.79 Å². The molecule has 0 fully saturated rings. The topological polar surface area (TPSA) is 89.9 Å². The van der Waals surface area contributed by atoms with Crippen LogP contribution in [0.15, 0.2) is 36.4 Å². The van der Waals surface area contributed by atoms with Gasteiger partial charge in [0.05, 0.1) is 12.5 Å². The van der Waals surface area contributed by atoms with Gasteiger partial charge in [-0.05, 0) is 61.3 Å². The van der Waals surface area contributed by atoms with Crippen LogP contribution in [-0.2, 0) is 14.3 Å². The second-order valence-corrected chi connectivity index (χ2v) is 10.1. The zero-order chi connectivity index (χ0) is 25.8. The van der Waals surface area contributed by atoms with Gasteiger partial charge in [0.2, 0.25) is 0 Å². The zero-order valence-corrected chi connectivity index (χ0v) is 21.2. The van der Waals surface area contributed by atoms with E-state index < -0.39 is 18.0 Å². The van der Waals surface area contributed by atoms with E-state index in [-0.39, 0.29) is 35.2 Å². The SMILES string of the molecule is CC1CCCC(=O)CCCC=Cc2cc3c(c(O)c2C(=O)O1)C(c1ccc(C(C)C)cc1)CC(=O)O3. The summed E-state index contributed by atoms with van der Waals surface area (Å²) in [5.41, 5.74) is 2.98. The maximum absolute atomic E-state index is 13.3. The minimum absolute atomic E-state index is 0.0652. The molecule has 4 rings (SSSR count). The number of ketones is 1. The molecular formula is C30H34O6. The summed E-state index contributed by atoms with van der Waals surface area (Å²) in [6.45, 7) is 6.02. The average Bonchev–Trinajstić information content (AvgIpc) is 2.82. The number of benzene rings is 2. The van der Waals surface area contributed by atoms with Gasteiger partial charge in [0.25, 0.3) is 0 Å². The van der Waals surface area contributed by atoms with E-state index in [1.807, 2.05) is 30.3 Å². The van der Waals surface area contributed by atoms with Crippen LogP contribution >= 0.6 is 0 Å². The molecule has 0 aromatic heterocycles. The third kappa shape index (κ3) is 5.69. The van der Waals surface area contributed by atoms with Crippen molar-refractivity contribution >= 4 is 23.8 Å². The van der Waals surface area contributed by atoms with Gasteiger partial charge in [-0.3, -0.25) is 9.59 Å². The van der Waals surface area contributed by atoms with E-state index in [1.165, 1.54) is 5.56 Å². The first-order chi connectivity index (χ1) is 17.2. The van der Waals surface area contributed by atoms with Crippen LogP contribution in [0.1, 0.15) is 110 Å². The third-order valence-corrected chi connectivity index (χ3v) is 6.98. The number of carbonyl (C=O) groups excluding carboxylic acids is 3. The van der Waals surface area contributed by atoms with E-state index in [1.54, 1.807) is 19.1 Å². The van der Waals surface area contributed by atoms with Crippen molar-refractivity contribution in [1.82, 2.24) is 0 Å². The Balaban J connectivity index is 1.79. The van der Waals surface area contributed by atoms with Gasteiger partial charge >= 0.3 is 11.9 Å². The van der Waals surface area contributed by atoms with Crippen LogP contribution in [0.2, 0.25) is 0 Å². The second-order valence-electron chi connectivity index (χ2n) is 10.1. The summed E-state index contributed by atoms with van der Waals surface area (Å²) < 4.78 is 11.2.